The molecule has 0 bridgehead atoms. The molecule has 1 aliphatic heterocycles. The summed E-state index contributed by atoms with van der Waals surface area (Å²) in [6.45, 7) is 3.34. The molecule has 0 saturated carbocycles. The third kappa shape index (κ3) is 5.66. The minimum absolute atomic E-state index is 0. The topological polar surface area (TPSA) is 82.8 Å². The maximum Gasteiger partial charge on any atom is 0.253 e. The highest BCUT2D eigenvalue weighted by Gasteiger charge is 2.30. The summed E-state index contributed by atoms with van der Waals surface area (Å²) >= 11 is 0. The number of benzene rings is 1. The van der Waals surface area contributed by atoms with Crippen LogP contribution in [-0.2, 0) is 14.3 Å². The summed E-state index contributed by atoms with van der Waals surface area (Å²) in [5, 5.41) is 2.88. The van der Waals surface area contributed by atoms with Crippen molar-refractivity contribution in [1.29, 1.82) is 0 Å². The lowest BCUT2D eigenvalue weighted by molar-refractivity contribution is -0.126. The van der Waals surface area contributed by atoms with E-state index in [-0.39, 0.29) is 24.4 Å². The molecule has 0 radical (unpaired) electrons. The van der Waals surface area contributed by atoms with Crippen molar-refractivity contribution < 1.29 is 19.0 Å². The van der Waals surface area contributed by atoms with E-state index in [4.69, 9.17) is 19.9 Å². The van der Waals surface area contributed by atoms with Crippen LogP contribution in [0.3, 0.4) is 0 Å². The van der Waals surface area contributed by atoms with E-state index in [2.05, 4.69) is 5.32 Å². The number of hydrogen-bond acceptors (Lipinski definition) is 5. The summed E-state index contributed by atoms with van der Waals surface area (Å²) in [6.07, 6.45) is 1.05. The van der Waals surface area contributed by atoms with Gasteiger partial charge in [0.2, 0.25) is 0 Å². The Morgan fingerprint density at radius 3 is 2.83 bits per heavy atom. The van der Waals surface area contributed by atoms with Crippen LogP contribution in [0.15, 0.2) is 18.2 Å². The highest BCUT2D eigenvalue weighted by molar-refractivity contribution is 5.95. The van der Waals surface area contributed by atoms with Crippen molar-refractivity contribution in [3.8, 4) is 5.75 Å². The maximum atomic E-state index is 12.3. The van der Waals surface area contributed by atoms with Gasteiger partial charge in [-0.15, -0.1) is 12.4 Å². The van der Waals surface area contributed by atoms with Gasteiger partial charge in [-0.05, 0) is 37.5 Å². The molecule has 1 amide bonds. The molecule has 0 aliphatic carbocycles. The number of rotatable bonds is 7. The van der Waals surface area contributed by atoms with E-state index in [0.29, 0.717) is 37.6 Å². The van der Waals surface area contributed by atoms with Gasteiger partial charge in [-0.2, -0.15) is 0 Å². The number of methoxy groups -OCH3 is 1. The molecule has 1 aromatic rings. The molecule has 1 aliphatic rings. The van der Waals surface area contributed by atoms with Crippen molar-refractivity contribution in [2.45, 2.75) is 32.0 Å². The van der Waals surface area contributed by atoms with E-state index < -0.39 is 6.10 Å². The molecule has 0 spiro atoms. The number of hydrogen-bond donors (Lipinski definition) is 2. The van der Waals surface area contributed by atoms with Crippen LogP contribution in [0, 0.1) is 6.92 Å². The molecular formula is C16H25ClN2O4. The van der Waals surface area contributed by atoms with Gasteiger partial charge in [-0.25, -0.2) is 0 Å². The zero-order valence-corrected chi connectivity index (χ0v) is 14.4. The second kappa shape index (κ2) is 9.72. The fraction of sp³-hybridized carbons (Fsp3) is 0.562. The minimum Gasteiger partial charge on any atom is -0.489 e. The third-order valence-electron chi connectivity index (χ3n) is 3.60. The first-order chi connectivity index (χ1) is 10.6. The highest BCUT2D eigenvalue weighted by atomic mass is 35.5. The SMILES string of the molecule is COCCOc1cc(C)ccc1NC(=O)[C@@H]1CC[C@H](CN)O1.Cl. The van der Waals surface area contributed by atoms with Gasteiger partial charge in [-0.1, -0.05) is 6.07 Å². The Bertz CT molecular complexity index is 513. The first-order valence-electron chi connectivity index (χ1n) is 7.52. The van der Waals surface area contributed by atoms with Crippen LogP contribution >= 0.6 is 12.4 Å². The predicted molar refractivity (Wildman–Crippen MR) is 91.4 cm³/mol. The summed E-state index contributed by atoms with van der Waals surface area (Å²) in [5.41, 5.74) is 7.27. The van der Waals surface area contributed by atoms with Crippen LogP contribution in [0.1, 0.15) is 18.4 Å². The first-order valence-corrected chi connectivity index (χ1v) is 7.52. The largest absolute Gasteiger partial charge is 0.489 e. The van der Waals surface area contributed by atoms with Crippen LogP contribution in [0.5, 0.6) is 5.75 Å². The van der Waals surface area contributed by atoms with Crippen molar-refractivity contribution in [3.05, 3.63) is 23.8 Å². The number of nitrogens with one attached hydrogen (secondary N) is 1. The van der Waals surface area contributed by atoms with Crippen LogP contribution in [0.25, 0.3) is 0 Å². The fourth-order valence-corrected chi connectivity index (χ4v) is 2.37. The van der Waals surface area contributed by atoms with Crippen molar-refractivity contribution in [2.75, 3.05) is 32.2 Å². The molecule has 1 heterocycles. The lowest BCUT2D eigenvalue weighted by Gasteiger charge is -2.16. The number of aryl methyl sites for hydroxylation is 1. The number of nitrogens with two attached hydrogens (primary N) is 1. The minimum atomic E-state index is -0.443. The molecule has 2 atom stereocenters. The molecule has 3 N–H and O–H groups in total. The Hall–Kier alpha value is -1.34. The van der Waals surface area contributed by atoms with Gasteiger partial charge >= 0.3 is 0 Å². The average molecular weight is 345 g/mol. The molecule has 130 valence electrons. The second-order valence-electron chi connectivity index (χ2n) is 5.39. The molecule has 7 heteroatoms. The standard InChI is InChI=1S/C16H24N2O4.ClH/c1-11-3-5-13(15(9-11)21-8-7-20-2)18-16(19)14-6-4-12(10-17)22-14;/h3,5,9,12,14H,4,6-8,10,17H2,1-2H3,(H,18,19);1H/t12-,14+;/m1./s1. The van der Waals surface area contributed by atoms with Gasteiger partial charge in [0.1, 0.15) is 18.5 Å². The monoisotopic (exact) mass is 344 g/mol. The van der Waals surface area contributed by atoms with Gasteiger partial charge < -0.3 is 25.3 Å². The summed E-state index contributed by atoms with van der Waals surface area (Å²) in [6, 6.07) is 5.66. The van der Waals surface area contributed by atoms with Crippen molar-refractivity contribution in [1.82, 2.24) is 0 Å². The summed E-state index contributed by atoms with van der Waals surface area (Å²) in [7, 11) is 1.62. The Balaban J connectivity index is 0.00000264. The molecule has 2 rings (SSSR count). The van der Waals surface area contributed by atoms with E-state index in [0.717, 1.165) is 12.0 Å². The van der Waals surface area contributed by atoms with Crippen LogP contribution in [0.2, 0.25) is 0 Å². The van der Waals surface area contributed by atoms with Crippen LogP contribution in [-0.4, -0.2) is 45.0 Å². The van der Waals surface area contributed by atoms with E-state index in [1.54, 1.807) is 7.11 Å². The summed E-state index contributed by atoms with van der Waals surface area (Å²) in [5.74, 6) is 0.482. The molecule has 6 nitrogen and oxygen atoms in total. The molecule has 23 heavy (non-hydrogen) atoms. The van der Waals surface area contributed by atoms with E-state index >= 15 is 0 Å². The van der Waals surface area contributed by atoms with Gasteiger partial charge in [0.05, 0.1) is 18.4 Å². The van der Waals surface area contributed by atoms with Gasteiger partial charge in [0, 0.05) is 13.7 Å². The summed E-state index contributed by atoms with van der Waals surface area (Å²) < 4.78 is 16.2. The molecule has 0 unspecified atom stereocenters. The number of carbonyl (C=O) groups is 1. The molecule has 1 saturated heterocycles. The molecular weight excluding hydrogens is 320 g/mol. The second-order valence-corrected chi connectivity index (χ2v) is 5.39. The Morgan fingerprint density at radius 1 is 1.39 bits per heavy atom. The normalized spacial score (nSPS) is 20.0. The van der Waals surface area contributed by atoms with Gasteiger partial charge in [-0.3, -0.25) is 4.79 Å². The first kappa shape index (κ1) is 19.7. The van der Waals surface area contributed by atoms with Crippen LogP contribution in [0.4, 0.5) is 5.69 Å². The van der Waals surface area contributed by atoms with Gasteiger partial charge in [0.25, 0.3) is 5.91 Å². The number of amides is 1. The Labute approximate surface area is 143 Å². The average Bonchev–Trinajstić information content (AvgIpc) is 2.99. The molecule has 0 aromatic heterocycles. The maximum absolute atomic E-state index is 12.3. The molecule has 1 fully saturated rings. The lowest BCUT2D eigenvalue weighted by atomic mass is 10.1. The van der Waals surface area contributed by atoms with Crippen molar-refractivity contribution in [3.63, 3.8) is 0 Å². The van der Waals surface area contributed by atoms with Crippen molar-refractivity contribution >= 4 is 24.0 Å². The molecule has 1 aromatic carbocycles. The third-order valence-corrected chi connectivity index (χ3v) is 3.60. The lowest BCUT2D eigenvalue weighted by Crippen LogP contribution is -2.30. The van der Waals surface area contributed by atoms with E-state index in [1.807, 2.05) is 25.1 Å². The number of ether oxygens (including phenoxy) is 3. The van der Waals surface area contributed by atoms with E-state index in [9.17, 15) is 4.79 Å². The van der Waals surface area contributed by atoms with Crippen LogP contribution < -0.4 is 15.8 Å². The zero-order chi connectivity index (χ0) is 15.9. The Kier molecular flexibility index (Phi) is 8.33. The van der Waals surface area contributed by atoms with Gasteiger partial charge in [0.15, 0.2) is 0 Å². The smallest absolute Gasteiger partial charge is 0.253 e. The number of halogens is 1. The Morgan fingerprint density at radius 2 is 2.17 bits per heavy atom. The highest BCUT2D eigenvalue weighted by Crippen LogP contribution is 2.27. The number of carbonyl (C=O) groups excluding carboxylic acids is 1. The van der Waals surface area contributed by atoms with E-state index in [1.165, 1.54) is 0 Å². The fourth-order valence-electron chi connectivity index (χ4n) is 2.37. The predicted octanol–water partition coefficient (Wildman–Crippen LogP) is 1.89. The zero-order valence-electron chi connectivity index (χ0n) is 13.5. The summed E-state index contributed by atoms with van der Waals surface area (Å²) in [4.78, 5) is 12.3. The number of anilines is 1. The van der Waals surface area contributed by atoms with Crippen molar-refractivity contribution in [2.24, 2.45) is 5.73 Å². The quantitative estimate of drug-likeness (QED) is 0.738.